The number of sulfonamides is 1. The van der Waals surface area contributed by atoms with Gasteiger partial charge in [-0.05, 0) is 49.4 Å². The first-order chi connectivity index (χ1) is 12.9. The lowest BCUT2D eigenvalue weighted by Crippen LogP contribution is -2.37. The third-order valence-electron chi connectivity index (χ3n) is 5.12. The predicted octanol–water partition coefficient (Wildman–Crippen LogP) is 3.71. The van der Waals surface area contributed by atoms with E-state index in [1.807, 2.05) is 31.2 Å². The first-order valence-electron chi connectivity index (χ1n) is 9.31. The molecule has 1 saturated heterocycles. The van der Waals surface area contributed by atoms with Crippen LogP contribution in [0.3, 0.4) is 0 Å². The maximum atomic E-state index is 12.9. The molecule has 5 nitrogen and oxygen atoms in total. The number of hydrogen-bond acceptors (Lipinski definition) is 4. The molecule has 0 saturated carbocycles. The third kappa shape index (κ3) is 4.57. The number of aryl methyl sites for hydroxylation is 1. The molecule has 1 heterocycles. The molecule has 144 valence electrons. The number of nitrogens with zero attached hydrogens (tertiary/aromatic N) is 1. The van der Waals surface area contributed by atoms with E-state index in [0.29, 0.717) is 24.6 Å². The molecule has 0 radical (unpaired) electrons. The summed E-state index contributed by atoms with van der Waals surface area (Å²) in [6, 6.07) is 14.1. The quantitative estimate of drug-likeness (QED) is 0.769. The van der Waals surface area contributed by atoms with Gasteiger partial charge in [0.25, 0.3) is 0 Å². The molecule has 0 amide bonds. The fourth-order valence-corrected chi connectivity index (χ4v) is 4.77. The van der Waals surface area contributed by atoms with Crippen LogP contribution in [0.2, 0.25) is 0 Å². The minimum atomic E-state index is -3.55. The SMILES string of the molecule is Cc1ccccc1NCC(=O)c1cccc(S(=O)(=O)N2CCC(C)CC2)c1. The number of carbonyl (C=O) groups excluding carboxylic acids is 1. The van der Waals surface area contributed by atoms with Crippen LogP contribution in [0.15, 0.2) is 53.4 Å². The molecule has 1 N–H and O–H groups in total. The molecule has 1 aliphatic rings. The lowest BCUT2D eigenvalue weighted by Gasteiger charge is -2.29. The van der Waals surface area contributed by atoms with Crippen molar-refractivity contribution >= 4 is 21.5 Å². The first-order valence-corrected chi connectivity index (χ1v) is 10.7. The van der Waals surface area contributed by atoms with Crippen LogP contribution in [0.4, 0.5) is 5.69 Å². The number of rotatable bonds is 6. The molecule has 27 heavy (non-hydrogen) atoms. The summed E-state index contributed by atoms with van der Waals surface area (Å²) in [6.45, 7) is 5.31. The highest BCUT2D eigenvalue weighted by molar-refractivity contribution is 7.89. The predicted molar refractivity (Wildman–Crippen MR) is 108 cm³/mol. The van der Waals surface area contributed by atoms with E-state index in [1.54, 1.807) is 18.2 Å². The van der Waals surface area contributed by atoms with Crippen molar-refractivity contribution in [3.05, 3.63) is 59.7 Å². The summed E-state index contributed by atoms with van der Waals surface area (Å²) in [6.07, 6.45) is 1.75. The summed E-state index contributed by atoms with van der Waals surface area (Å²) < 4.78 is 27.3. The van der Waals surface area contributed by atoms with Crippen LogP contribution in [-0.4, -0.2) is 38.1 Å². The Morgan fingerprint density at radius 2 is 1.81 bits per heavy atom. The molecular weight excluding hydrogens is 360 g/mol. The highest BCUT2D eigenvalue weighted by Gasteiger charge is 2.28. The molecule has 6 heteroatoms. The van der Waals surface area contributed by atoms with Crippen molar-refractivity contribution in [2.24, 2.45) is 5.92 Å². The Balaban J connectivity index is 1.73. The average Bonchev–Trinajstić information content (AvgIpc) is 2.67. The van der Waals surface area contributed by atoms with Gasteiger partial charge in [0.05, 0.1) is 11.4 Å². The van der Waals surface area contributed by atoms with Gasteiger partial charge in [0.15, 0.2) is 5.78 Å². The molecule has 1 fully saturated rings. The zero-order chi connectivity index (χ0) is 19.4. The van der Waals surface area contributed by atoms with E-state index < -0.39 is 10.0 Å². The number of para-hydroxylation sites is 1. The van der Waals surface area contributed by atoms with Gasteiger partial charge in [-0.3, -0.25) is 4.79 Å². The van der Waals surface area contributed by atoms with E-state index >= 15 is 0 Å². The van der Waals surface area contributed by atoms with Crippen molar-refractivity contribution in [3.63, 3.8) is 0 Å². The van der Waals surface area contributed by atoms with Crippen LogP contribution in [0.1, 0.15) is 35.7 Å². The number of carbonyl (C=O) groups is 1. The summed E-state index contributed by atoms with van der Waals surface area (Å²) in [5, 5.41) is 3.13. The molecule has 0 bridgehead atoms. The fourth-order valence-electron chi connectivity index (χ4n) is 3.25. The van der Waals surface area contributed by atoms with Gasteiger partial charge in [-0.15, -0.1) is 0 Å². The van der Waals surface area contributed by atoms with Gasteiger partial charge in [-0.1, -0.05) is 37.3 Å². The van der Waals surface area contributed by atoms with E-state index in [0.717, 1.165) is 24.1 Å². The van der Waals surface area contributed by atoms with Crippen molar-refractivity contribution in [1.82, 2.24) is 4.31 Å². The Hall–Kier alpha value is -2.18. The highest BCUT2D eigenvalue weighted by atomic mass is 32.2. The molecule has 2 aromatic carbocycles. The van der Waals surface area contributed by atoms with E-state index in [4.69, 9.17) is 0 Å². The molecule has 2 aromatic rings. The topological polar surface area (TPSA) is 66.5 Å². The third-order valence-corrected chi connectivity index (χ3v) is 7.02. The monoisotopic (exact) mass is 386 g/mol. The maximum absolute atomic E-state index is 12.9. The van der Waals surface area contributed by atoms with E-state index in [9.17, 15) is 13.2 Å². The van der Waals surface area contributed by atoms with Crippen LogP contribution in [0.5, 0.6) is 0 Å². The normalized spacial score (nSPS) is 16.2. The van der Waals surface area contributed by atoms with Gasteiger partial charge in [-0.2, -0.15) is 4.31 Å². The van der Waals surface area contributed by atoms with Crippen LogP contribution in [0, 0.1) is 12.8 Å². The minimum absolute atomic E-state index is 0.121. The smallest absolute Gasteiger partial charge is 0.243 e. The zero-order valence-electron chi connectivity index (χ0n) is 15.8. The molecule has 0 aliphatic carbocycles. The van der Waals surface area contributed by atoms with E-state index in [-0.39, 0.29) is 17.2 Å². The van der Waals surface area contributed by atoms with Gasteiger partial charge < -0.3 is 5.32 Å². The first kappa shape index (κ1) is 19.6. The molecular formula is C21H26N2O3S. The molecule has 0 spiro atoms. The lowest BCUT2D eigenvalue weighted by atomic mass is 10.0. The van der Waals surface area contributed by atoms with Gasteiger partial charge in [-0.25, -0.2) is 8.42 Å². The summed E-state index contributed by atoms with van der Waals surface area (Å²) in [5.74, 6) is 0.416. The maximum Gasteiger partial charge on any atom is 0.243 e. The van der Waals surface area contributed by atoms with Crippen LogP contribution in [0.25, 0.3) is 0 Å². The van der Waals surface area contributed by atoms with Crippen molar-refractivity contribution in [3.8, 4) is 0 Å². The Morgan fingerprint density at radius 1 is 1.11 bits per heavy atom. The van der Waals surface area contributed by atoms with Crippen molar-refractivity contribution in [1.29, 1.82) is 0 Å². The van der Waals surface area contributed by atoms with Gasteiger partial charge >= 0.3 is 0 Å². The molecule has 0 atom stereocenters. The largest absolute Gasteiger partial charge is 0.377 e. The van der Waals surface area contributed by atoms with Crippen molar-refractivity contribution in [2.75, 3.05) is 25.0 Å². The highest BCUT2D eigenvalue weighted by Crippen LogP contribution is 2.24. The number of piperidine rings is 1. The fraction of sp³-hybridized carbons (Fsp3) is 0.381. The molecule has 1 aliphatic heterocycles. The standard InChI is InChI=1S/C21H26N2O3S/c1-16-10-12-23(13-11-16)27(25,26)19-8-5-7-18(14-19)21(24)15-22-20-9-4-3-6-17(20)2/h3-9,14,16,22H,10-13,15H2,1-2H3. The average molecular weight is 387 g/mol. The van der Waals surface area contributed by atoms with E-state index in [2.05, 4.69) is 12.2 Å². The number of nitrogens with one attached hydrogen (secondary N) is 1. The Bertz CT molecular complexity index is 917. The molecule has 0 unspecified atom stereocenters. The Kier molecular flexibility index (Phi) is 5.97. The van der Waals surface area contributed by atoms with Crippen LogP contribution >= 0.6 is 0 Å². The zero-order valence-corrected chi connectivity index (χ0v) is 16.6. The van der Waals surface area contributed by atoms with Crippen molar-refractivity contribution in [2.45, 2.75) is 31.6 Å². The van der Waals surface area contributed by atoms with Gasteiger partial charge in [0.2, 0.25) is 10.0 Å². The summed E-state index contributed by atoms with van der Waals surface area (Å²) >= 11 is 0. The Labute approximate surface area is 161 Å². The summed E-state index contributed by atoms with van der Waals surface area (Å²) in [4.78, 5) is 12.8. The van der Waals surface area contributed by atoms with Gasteiger partial charge in [0.1, 0.15) is 0 Å². The number of ketones is 1. The van der Waals surface area contributed by atoms with Crippen LogP contribution in [-0.2, 0) is 10.0 Å². The van der Waals surface area contributed by atoms with Crippen molar-refractivity contribution < 1.29 is 13.2 Å². The Morgan fingerprint density at radius 3 is 2.52 bits per heavy atom. The summed E-state index contributed by atoms with van der Waals surface area (Å²) in [5.41, 5.74) is 2.36. The van der Waals surface area contributed by atoms with Crippen LogP contribution < -0.4 is 5.32 Å². The number of benzene rings is 2. The second-order valence-electron chi connectivity index (χ2n) is 7.21. The summed E-state index contributed by atoms with van der Waals surface area (Å²) in [7, 11) is -3.55. The van der Waals surface area contributed by atoms with E-state index in [1.165, 1.54) is 10.4 Å². The van der Waals surface area contributed by atoms with Gasteiger partial charge in [0, 0.05) is 24.3 Å². The molecule has 0 aromatic heterocycles. The minimum Gasteiger partial charge on any atom is -0.377 e. The second-order valence-corrected chi connectivity index (χ2v) is 9.14. The number of hydrogen-bond donors (Lipinski definition) is 1. The molecule has 3 rings (SSSR count). The number of Topliss-reactive ketones (excluding diaryl/α,β-unsaturated/α-hetero) is 1. The second kappa shape index (κ2) is 8.23. The lowest BCUT2D eigenvalue weighted by molar-refractivity contribution is 0.101. The number of anilines is 1.